The average Bonchev–Trinajstić information content (AvgIpc) is 2.95. The third kappa shape index (κ3) is 3.45. The Bertz CT molecular complexity index is 816. The van der Waals surface area contributed by atoms with Crippen molar-refractivity contribution in [3.63, 3.8) is 0 Å². The molecule has 0 atom stereocenters. The van der Waals surface area contributed by atoms with Gasteiger partial charge in [-0.2, -0.15) is 5.26 Å². The van der Waals surface area contributed by atoms with E-state index in [1.54, 1.807) is 6.92 Å². The van der Waals surface area contributed by atoms with E-state index >= 15 is 0 Å². The number of benzene rings is 1. The first kappa shape index (κ1) is 15.6. The van der Waals surface area contributed by atoms with Gasteiger partial charge in [0.25, 0.3) is 10.0 Å². The number of furan rings is 1. The van der Waals surface area contributed by atoms with E-state index in [2.05, 4.69) is 4.72 Å². The van der Waals surface area contributed by atoms with E-state index < -0.39 is 16.0 Å². The van der Waals surface area contributed by atoms with Crippen LogP contribution in [0.15, 0.2) is 45.7 Å². The van der Waals surface area contributed by atoms with E-state index in [9.17, 15) is 13.2 Å². The van der Waals surface area contributed by atoms with Crippen LogP contribution >= 0.6 is 0 Å². The molecular formula is C14H12N2O5S. The molecule has 0 aliphatic carbocycles. The van der Waals surface area contributed by atoms with Gasteiger partial charge in [0.05, 0.1) is 23.1 Å². The number of hydrogen-bond donors (Lipinski definition) is 1. The summed E-state index contributed by atoms with van der Waals surface area (Å²) in [5.41, 5.74) is 0.349. The highest BCUT2D eigenvalue weighted by molar-refractivity contribution is 7.92. The summed E-state index contributed by atoms with van der Waals surface area (Å²) in [6, 6.07) is 9.91. The minimum atomic E-state index is -3.87. The summed E-state index contributed by atoms with van der Waals surface area (Å²) in [4.78, 5) is 11.4. The van der Waals surface area contributed by atoms with Gasteiger partial charge in [-0.15, -0.1) is 0 Å². The van der Waals surface area contributed by atoms with E-state index in [0.29, 0.717) is 5.56 Å². The Balaban J connectivity index is 2.18. The van der Waals surface area contributed by atoms with Gasteiger partial charge >= 0.3 is 5.97 Å². The molecule has 0 aliphatic rings. The van der Waals surface area contributed by atoms with Gasteiger partial charge < -0.3 is 9.15 Å². The average molecular weight is 320 g/mol. The third-order valence-corrected chi connectivity index (χ3v) is 3.97. The molecule has 0 radical (unpaired) electrons. The lowest BCUT2D eigenvalue weighted by Crippen LogP contribution is -2.12. The molecule has 114 valence electrons. The van der Waals surface area contributed by atoms with Gasteiger partial charge in [0.15, 0.2) is 0 Å². The van der Waals surface area contributed by atoms with E-state index in [1.807, 2.05) is 6.07 Å². The summed E-state index contributed by atoms with van der Waals surface area (Å²) in [5.74, 6) is -0.877. The van der Waals surface area contributed by atoms with Crippen LogP contribution in [0.4, 0.5) is 5.88 Å². The maximum absolute atomic E-state index is 12.1. The molecule has 1 heterocycles. The van der Waals surface area contributed by atoms with Crippen LogP contribution in [0.1, 0.15) is 23.0 Å². The van der Waals surface area contributed by atoms with E-state index in [-0.39, 0.29) is 23.1 Å². The van der Waals surface area contributed by atoms with Crippen LogP contribution in [0.25, 0.3) is 0 Å². The Morgan fingerprint density at radius 1 is 1.27 bits per heavy atom. The number of sulfonamides is 1. The smallest absolute Gasteiger partial charge is 0.374 e. The number of esters is 1. The lowest BCUT2D eigenvalue weighted by Gasteiger charge is -2.05. The normalized spacial score (nSPS) is 10.7. The Morgan fingerprint density at radius 3 is 2.55 bits per heavy atom. The van der Waals surface area contributed by atoms with Gasteiger partial charge in [0, 0.05) is 6.07 Å². The molecule has 0 unspecified atom stereocenters. The Hall–Kier alpha value is -2.79. The second-order valence-corrected chi connectivity index (χ2v) is 5.81. The van der Waals surface area contributed by atoms with E-state index in [4.69, 9.17) is 14.4 Å². The molecule has 2 rings (SSSR count). The lowest BCUT2D eigenvalue weighted by atomic mass is 10.2. The molecule has 2 aromatic rings. The molecule has 7 nitrogen and oxygen atoms in total. The predicted molar refractivity (Wildman–Crippen MR) is 76.6 cm³/mol. The molecule has 22 heavy (non-hydrogen) atoms. The maximum Gasteiger partial charge on any atom is 0.374 e. The summed E-state index contributed by atoms with van der Waals surface area (Å²) in [6.45, 7) is 1.83. The molecule has 1 aromatic carbocycles. The fraction of sp³-hybridized carbons (Fsp3) is 0.143. The van der Waals surface area contributed by atoms with Crippen molar-refractivity contribution in [3.8, 4) is 6.07 Å². The third-order valence-electron chi connectivity index (χ3n) is 2.61. The zero-order chi connectivity index (χ0) is 16.2. The Labute approximate surface area is 127 Å². The lowest BCUT2D eigenvalue weighted by molar-refractivity contribution is 0.0491. The topological polar surface area (TPSA) is 109 Å². The first-order valence-electron chi connectivity index (χ1n) is 6.26. The van der Waals surface area contributed by atoms with Crippen LogP contribution in [0, 0.1) is 11.3 Å². The minimum absolute atomic E-state index is 0.0272. The summed E-state index contributed by atoms with van der Waals surface area (Å²) in [5, 5.41) is 8.69. The summed E-state index contributed by atoms with van der Waals surface area (Å²) < 4.78 is 36.3. The van der Waals surface area contributed by atoms with Crippen LogP contribution in [0.2, 0.25) is 0 Å². The fourth-order valence-electron chi connectivity index (χ4n) is 1.60. The monoisotopic (exact) mass is 320 g/mol. The summed E-state index contributed by atoms with van der Waals surface area (Å²) >= 11 is 0. The van der Waals surface area contributed by atoms with Crippen molar-refractivity contribution in [1.29, 1.82) is 5.26 Å². The van der Waals surface area contributed by atoms with Gasteiger partial charge in [-0.1, -0.05) is 0 Å². The first-order valence-corrected chi connectivity index (χ1v) is 7.74. The molecule has 1 N–H and O–H groups in total. The zero-order valence-corrected chi connectivity index (χ0v) is 12.4. The van der Waals surface area contributed by atoms with Gasteiger partial charge in [0.2, 0.25) is 11.6 Å². The second kappa shape index (κ2) is 6.32. The minimum Gasteiger partial charge on any atom is -0.460 e. The zero-order valence-electron chi connectivity index (χ0n) is 11.6. The standard InChI is InChI=1S/C14H12N2O5S/c1-2-20-14(17)12-7-8-13(21-12)16-22(18,19)11-5-3-10(9-15)4-6-11/h3-8,16H,2H2,1H3. The Kier molecular flexibility index (Phi) is 4.48. The summed E-state index contributed by atoms with van der Waals surface area (Å²) in [7, 11) is -3.87. The second-order valence-electron chi connectivity index (χ2n) is 4.13. The largest absolute Gasteiger partial charge is 0.460 e. The molecule has 0 aliphatic heterocycles. The predicted octanol–water partition coefficient (Wildman–Crippen LogP) is 2.13. The number of rotatable bonds is 5. The van der Waals surface area contributed by atoms with Crippen molar-refractivity contribution >= 4 is 21.9 Å². The van der Waals surface area contributed by atoms with Crippen molar-refractivity contribution in [3.05, 3.63) is 47.7 Å². The molecule has 0 amide bonds. The van der Waals surface area contributed by atoms with Gasteiger partial charge in [-0.25, -0.2) is 17.9 Å². The van der Waals surface area contributed by atoms with Crippen LogP contribution in [-0.4, -0.2) is 21.0 Å². The molecule has 0 saturated heterocycles. The number of carbonyl (C=O) groups excluding carboxylic acids is 1. The highest BCUT2D eigenvalue weighted by Gasteiger charge is 2.18. The van der Waals surface area contributed by atoms with Gasteiger partial charge in [-0.05, 0) is 37.3 Å². The number of nitriles is 1. The summed E-state index contributed by atoms with van der Waals surface area (Å²) in [6.07, 6.45) is 0. The maximum atomic E-state index is 12.1. The molecule has 0 bridgehead atoms. The number of nitrogens with one attached hydrogen (secondary N) is 1. The molecule has 0 saturated carbocycles. The van der Waals surface area contributed by atoms with E-state index in [0.717, 1.165) is 0 Å². The SMILES string of the molecule is CCOC(=O)c1ccc(NS(=O)(=O)c2ccc(C#N)cc2)o1. The van der Waals surface area contributed by atoms with Crippen molar-refractivity contribution in [2.24, 2.45) is 0 Å². The number of hydrogen-bond acceptors (Lipinski definition) is 6. The van der Waals surface area contributed by atoms with Gasteiger partial charge in [-0.3, -0.25) is 0 Å². The van der Waals surface area contributed by atoms with Crippen molar-refractivity contribution in [2.75, 3.05) is 11.3 Å². The van der Waals surface area contributed by atoms with Crippen molar-refractivity contribution in [2.45, 2.75) is 11.8 Å². The quantitative estimate of drug-likeness (QED) is 0.845. The fourth-order valence-corrected chi connectivity index (χ4v) is 2.59. The van der Waals surface area contributed by atoms with Crippen molar-refractivity contribution in [1.82, 2.24) is 0 Å². The van der Waals surface area contributed by atoms with Crippen LogP contribution in [0.5, 0.6) is 0 Å². The highest BCUT2D eigenvalue weighted by Crippen LogP contribution is 2.19. The van der Waals surface area contributed by atoms with Crippen LogP contribution in [0.3, 0.4) is 0 Å². The number of ether oxygens (including phenoxy) is 1. The molecule has 1 aromatic heterocycles. The number of anilines is 1. The van der Waals surface area contributed by atoms with E-state index in [1.165, 1.54) is 36.4 Å². The van der Waals surface area contributed by atoms with Crippen molar-refractivity contribution < 1.29 is 22.4 Å². The number of carbonyl (C=O) groups is 1. The number of nitrogens with zero attached hydrogens (tertiary/aromatic N) is 1. The van der Waals surface area contributed by atoms with Crippen LogP contribution < -0.4 is 4.72 Å². The highest BCUT2D eigenvalue weighted by atomic mass is 32.2. The molecule has 0 fully saturated rings. The van der Waals surface area contributed by atoms with Crippen LogP contribution in [-0.2, 0) is 14.8 Å². The Morgan fingerprint density at radius 2 is 1.95 bits per heavy atom. The molecule has 0 spiro atoms. The molecule has 8 heteroatoms. The first-order chi connectivity index (χ1) is 10.5. The molecular weight excluding hydrogens is 308 g/mol. The van der Waals surface area contributed by atoms with Gasteiger partial charge in [0.1, 0.15) is 0 Å².